The fourth-order valence-electron chi connectivity index (χ4n) is 5.77. The van der Waals surface area contributed by atoms with Crippen LogP contribution >= 0.6 is 0 Å². The van der Waals surface area contributed by atoms with Crippen LogP contribution in [-0.4, -0.2) is 53.7 Å². The summed E-state index contributed by atoms with van der Waals surface area (Å²) in [4.78, 5) is 4.83. The molecular formula is C34H54N2O2. The van der Waals surface area contributed by atoms with Crippen molar-refractivity contribution >= 4 is 0 Å². The maximum absolute atomic E-state index is 11.1. The number of rotatable bonds is 11. The van der Waals surface area contributed by atoms with E-state index in [1.165, 1.54) is 28.7 Å². The van der Waals surface area contributed by atoms with E-state index in [-0.39, 0.29) is 5.60 Å². The number of aromatic hydroxyl groups is 1. The van der Waals surface area contributed by atoms with E-state index in [4.69, 9.17) is 4.74 Å². The highest BCUT2D eigenvalue weighted by Crippen LogP contribution is 2.45. The molecule has 2 aliphatic heterocycles. The molecule has 0 aromatic heterocycles. The third-order valence-corrected chi connectivity index (χ3v) is 8.68. The zero-order chi connectivity index (χ0) is 27.9. The zero-order valence-corrected chi connectivity index (χ0v) is 25.7. The van der Waals surface area contributed by atoms with Crippen LogP contribution in [0.4, 0.5) is 0 Å². The van der Waals surface area contributed by atoms with Crippen molar-refractivity contribution in [2.24, 2.45) is 0 Å². The third-order valence-electron chi connectivity index (χ3n) is 8.68. The second kappa shape index (κ2) is 13.8. The molecule has 0 radical (unpaired) electrons. The minimum Gasteiger partial charge on any atom is -0.507 e. The predicted octanol–water partition coefficient (Wildman–Crippen LogP) is 8.04. The summed E-state index contributed by atoms with van der Waals surface area (Å²) < 4.78 is 6.80. The highest BCUT2D eigenvalue weighted by Gasteiger charge is 2.34. The molecule has 1 unspecified atom stereocenters. The van der Waals surface area contributed by atoms with Crippen molar-refractivity contribution in [3.05, 3.63) is 57.2 Å². The van der Waals surface area contributed by atoms with E-state index in [0.717, 1.165) is 100 Å². The van der Waals surface area contributed by atoms with E-state index >= 15 is 0 Å². The first kappa shape index (κ1) is 30.5. The molecule has 3 rings (SSSR count). The Labute approximate surface area is 233 Å². The smallest absolute Gasteiger partial charge is 0.127 e. The summed E-state index contributed by atoms with van der Waals surface area (Å²) >= 11 is 0. The second-order valence-electron chi connectivity index (χ2n) is 12.5. The van der Waals surface area contributed by atoms with Gasteiger partial charge in [0.25, 0.3) is 0 Å². The van der Waals surface area contributed by atoms with Crippen molar-refractivity contribution in [1.29, 1.82) is 0 Å². The lowest BCUT2D eigenvalue weighted by Crippen LogP contribution is -2.44. The number of likely N-dealkylation sites (N-methyl/N-ethyl adjacent to an activating group) is 1. The Morgan fingerprint density at radius 3 is 2.13 bits per heavy atom. The first-order valence-electron chi connectivity index (χ1n) is 14.9. The van der Waals surface area contributed by atoms with Gasteiger partial charge in [0.2, 0.25) is 0 Å². The molecule has 0 aliphatic carbocycles. The van der Waals surface area contributed by atoms with E-state index in [0.29, 0.717) is 5.75 Å². The molecule has 212 valence electrons. The van der Waals surface area contributed by atoms with Gasteiger partial charge in [0, 0.05) is 43.9 Å². The van der Waals surface area contributed by atoms with Gasteiger partial charge in [0.05, 0.1) is 0 Å². The Balaban J connectivity index is 1.58. The van der Waals surface area contributed by atoms with Crippen molar-refractivity contribution in [1.82, 2.24) is 9.80 Å². The summed E-state index contributed by atoms with van der Waals surface area (Å²) in [6.07, 6.45) is 15.8. The number of benzene rings is 1. The molecule has 4 heteroatoms. The van der Waals surface area contributed by atoms with Crippen molar-refractivity contribution in [2.45, 2.75) is 112 Å². The van der Waals surface area contributed by atoms with Crippen LogP contribution in [0.2, 0.25) is 0 Å². The lowest BCUT2D eigenvalue weighted by molar-refractivity contribution is 0.0555. The van der Waals surface area contributed by atoms with Crippen LogP contribution in [0.1, 0.15) is 102 Å². The predicted molar refractivity (Wildman–Crippen MR) is 162 cm³/mol. The standard InChI is InChI=1S/C34H54N2O2/c1-25(2)12-9-13-26(3)14-10-15-27(4)16-11-18-34(7)19-17-30-28(5)32(37)31(29(6)33(30)38-34)24-36-22-20-35(8)21-23-36/h12,14,16,37H,9-11,13,15,17-24H2,1-8H3/b26-14+,27-16+. The van der Waals surface area contributed by atoms with E-state index in [2.05, 4.69) is 83.5 Å². The minimum atomic E-state index is -0.162. The minimum absolute atomic E-state index is 0.162. The van der Waals surface area contributed by atoms with Crippen LogP contribution < -0.4 is 4.74 Å². The maximum Gasteiger partial charge on any atom is 0.127 e. The number of allylic oxidation sites excluding steroid dienone is 6. The Kier molecular flexibility index (Phi) is 11.1. The maximum atomic E-state index is 11.1. The molecule has 38 heavy (non-hydrogen) atoms. The first-order chi connectivity index (χ1) is 18.0. The Morgan fingerprint density at radius 1 is 0.895 bits per heavy atom. The summed E-state index contributed by atoms with van der Waals surface area (Å²) in [6, 6.07) is 0. The fraction of sp³-hybridized carbons (Fsp3) is 0.647. The van der Waals surface area contributed by atoms with E-state index in [1.54, 1.807) is 0 Å². The molecule has 4 nitrogen and oxygen atoms in total. The molecule has 1 N–H and O–H groups in total. The van der Waals surface area contributed by atoms with Gasteiger partial charge in [-0.25, -0.2) is 0 Å². The third kappa shape index (κ3) is 8.48. The van der Waals surface area contributed by atoms with Crippen LogP contribution in [0.25, 0.3) is 0 Å². The molecule has 0 amide bonds. The normalized spacial score (nSPS) is 21.3. The van der Waals surface area contributed by atoms with Crippen LogP contribution in [0, 0.1) is 13.8 Å². The highest BCUT2D eigenvalue weighted by molar-refractivity contribution is 5.59. The second-order valence-corrected chi connectivity index (χ2v) is 12.5. The topological polar surface area (TPSA) is 35.9 Å². The van der Waals surface area contributed by atoms with Crippen LogP contribution in [0.15, 0.2) is 34.9 Å². The van der Waals surface area contributed by atoms with Crippen molar-refractivity contribution < 1.29 is 9.84 Å². The summed E-state index contributed by atoms with van der Waals surface area (Å²) in [6.45, 7) is 20.4. The molecule has 1 fully saturated rings. The molecular weight excluding hydrogens is 468 g/mol. The average Bonchev–Trinajstić information content (AvgIpc) is 2.86. The molecule has 1 aromatic rings. The van der Waals surface area contributed by atoms with Gasteiger partial charge in [-0.15, -0.1) is 0 Å². The van der Waals surface area contributed by atoms with Gasteiger partial charge in [-0.2, -0.15) is 0 Å². The summed E-state index contributed by atoms with van der Waals surface area (Å²) in [5.74, 6) is 1.51. The number of hydrogen-bond acceptors (Lipinski definition) is 4. The van der Waals surface area contributed by atoms with E-state index in [1.807, 2.05) is 0 Å². The number of phenolic OH excluding ortho intramolecular Hbond substituents is 1. The van der Waals surface area contributed by atoms with Crippen molar-refractivity contribution in [3.8, 4) is 11.5 Å². The van der Waals surface area contributed by atoms with Gasteiger partial charge >= 0.3 is 0 Å². The monoisotopic (exact) mass is 522 g/mol. The summed E-state index contributed by atoms with van der Waals surface area (Å²) in [5, 5.41) is 11.1. The summed E-state index contributed by atoms with van der Waals surface area (Å²) in [5.41, 5.74) is 8.62. The number of fused-ring (bicyclic) bond motifs is 1. The van der Waals surface area contributed by atoms with Crippen LogP contribution in [0.5, 0.6) is 11.5 Å². The van der Waals surface area contributed by atoms with Crippen molar-refractivity contribution in [3.63, 3.8) is 0 Å². The van der Waals surface area contributed by atoms with E-state index < -0.39 is 0 Å². The first-order valence-corrected chi connectivity index (χ1v) is 14.9. The molecule has 2 heterocycles. The molecule has 1 saturated heterocycles. The average molecular weight is 523 g/mol. The molecule has 0 spiro atoms. The van der Waals surface area contributed by atoms with Crippen LogP contribution in [0.3, 0.4) is 0 Å². The largest absolute Gasteiger partial charge is 0.507 e. The van der Waals surface area contributed by atoms with Gasteiger partial charge in [-0.3, -0.25) is 4.90 Å². The quantitative estimate of drug-likeness (QED) is 0.298. The Morgan fingerprint density at radius 2 is 1.50 bits per heavy atom. The SMILES string of the molecule is CC(C)=CCC/C(C)=C/CC/C(C)=C/CCC1(C)CCc2c(C)c(O)c(CN3CCN(C)CC3)c(C)c2O1. The molecule has 1 aromatic carbocycles. The number of hydrogen-bond donors (Lipinski definition) is 1. The molecule has 0 saturated carbocycles. The van der Waals surface area contributed by atoms with Crippen LogP contribution in [-0.2, 0) is 13.0 Å². The number of nitrogens with zero attached hydrogens (tertiary/aromatic N) is 2. The van der Waals surface area contributed by atoms with Gasteiger partial charge < -0.3 is 14.7 Å². The van der Waals surface area contributed by atoms with Gasteiger partial charge in [0.1, 0.15) is 17.1 Å². The number of phenols is 1. The van der Waals surface area contributed by atoms with E-state index in [9.17, 15) is 5.11 Å². The fourth-order valence-corrected chi connectivity index (χ4v) is 5.77. The number of piperazine rings is 1. The van der Waals surface area contributed by atoms with Gasteiger partial charge in [-0.1, -0.05) is 34.9 Å². The van der Waals surface area contributed by atoms with Gasteiger partial charge in [-0.05, 0) is 118 Å². The molecule has 1 atom stereocenters. The lowest BCUT2D eigenvalue weighted by Gasteiger charge is -2.39. The Hall–Kier alpha value is -2.04. The number of ether oxygens (including phenoxy) is 1. The van der Waals surface area contributed by atoms with Gasteiger partial charge in [0.15, 0.2) is 0 Å². The zero-order valence-electron chi connectivity index (χ0n) is 25.7. The molecule has 2 aliphatic rings. The molecule has 0 bridgehead atoms. The van der Waals surface area contributed by atoms with Crippen molar-refractivity contribution in [2.75, 3.05) is 33.2 Å². The Bertz CT molecular complexity index is 1040. The summed E-state index contributed by atoms with van der Waals surface area (Å²) in [7, 11) is 2.18. The highest BCUT2D eigenvalue weighted by atomic mass is 16.5. The lowest BCUT2D eigenvalue weighted by atomic mass is 9.84.